The second-order valence-electron chi connectivity index (χ2n) is 6.84. The van der Waals surface area contributed by atoms with Crippen LogP contribution in [0.5, 0.6) is 0 Å². The molecule has 0 N–H and O–H groups in total. The summed E-state index contributed by atoms with van der Waals surface area (Å²) in [7, 11) is 0. The van der Waals surface area contributed by atoms with Gasteiger partial charge < -0.3 is 4.90 Å². The molecule has 4 rings (SSSR count). The van der Waals surface area contributed by atoms with E-state index in [1.165, 1.54) is 11.3 Å². The first-order valence-corrected chi connectivity index (χ1v) is 11.1. The molecule has 0 aliphatic rings. The number of benzene rings is 2. The van der Waals surface area contributed by atoms with E-state index in [1.54, 1.807) is 11.1 Å². The van der Waals surface area contributed by atoms with Crippen LogP contribution in [0, 0.1) is 0 Å². The van der Waals surface area contributed by atoms with Crippen LogP contribution in [-0.4, -0.2) is 51.9 Å². The zero-order valence-corrected chi connectivity index (χ0v) is 18.5. The van der Waals surface area contributed by atoms with Gasteiger partial charge in [-0.25, -0.2) is 9.97 Å². The minimum atomic E-state index is -0.203. The maximum absolute atomic E-state index is 13.5. The summed E-state index contributed by atoms with van der Waals surface area (Å²) in [6, 6.07) is 13.1. The van der Waals surface area contributed by atoms with Crippen molar-refractivity contribution in [3.63, 3.8) is 0 Å². The summed E-state index contributed by atoms with van der Waals surface area (Å²) in [4.78, 5) is 31.1. The molecule has 0 radical (unpaired) electrons. The number of fused-ring (bicyclic) bond motifs is 2. The van der Waals surface area contributed by atoms with Crippen molar-refractivity contribution >= 4 is 55.2 Å². The second-order valence-corrected chi connectivity index (χ2v) is 8.28. The first-order valence-electron chi connectivity index (χ1n) is 9.91. The van der Waals surface area contributed by atoms with Crippen molar-refractivity contribution in [2.24, 2.45) is 0 Å². The van der Waals surface area contributed by atoms with Gasteiger partial charge in [-0.05, 0) is 43.4 Å². The highest BCUT2D eigenvalue weighted by atomic mass is 35.5. The van der Waals surface area contributed by atoms with Gasteiger partial charge in [-0.2, -0.15) is 0 Å². The molecule has 4 aromatic rings. The van der Waals surface area contributed by atoms with Gasteiger partial charge in [0, 0.05) is 18.1 Å². The number of hydrogen-bond donors (Lipinski definition) is 0. The van der Waals surface area contributed by atoms with Crippen LogP contribution in [0.15, 0.2) is 48.7 Å². The smallest absolute Gasteiger partial charge is 0.280 e. The van der Waals surface area contributed by atoms with Crippen molar-refractivity contribution in [1.82, 2.24) is 19.9 Å². The predicted molar refractivity (Wildman–Crippen MR) is 124 cm³/mol. The van der Waals surface area contributed by atoms with E-state index >= 15 is 0 Å². The van der Waals surface area contributed by atoms with Gasteiger partial charge in [0.2, 0.25) is 0 Å². The average molecular weight is 440 g/mol. The Hall–Kier alpha value is -2.61. The zero-order chi connectivity index (χ0) is 21.1. The molecule has 6 nitrogen and oxygen atoms in total. The molecule has 30 heavy (non-hydrogen) atoms. The quantitative estimate of drug-likeness (QED) is 0.410. The third kappa shape index (κ3) is 4.28. The van der Waals surface area contributed by atoms with Crippen molar-refractivity contribution in [2.75, 3.05) is 31.1 Å². The SMILES string of the molecule is CCN(CC)CCN(C(=O)c1cnc2ccccc2n1)c1nc2ccc(Cl)cc2s1. The van der Waals surface area contributed by atoms with Gasteiger partial charge in [0.05, 0.1) is 27.4 Å². The zero-order valence-electron chi connectivity index (χ0n) is 16.9. The number of rotatable bonds is 7. The normalized spacial score (nSPS) is 11.5. The van der Waals surface area contributed by atoms with E-state index in [9.17, 15) is 4.79 Å². The Balaban J connectivity index is 1.71. The number of para-hydroxylation sites is 2. The average Bonchev–Trinajstić information content (AvgIpc) is 3.18. The van der Waals surface area contributed by atoms with E-state index in [0.29, 0.717) is 27.9 Å². The Morgan fingerprint density at radius 2 is 1.77 bits per heavy atom. The molecule has 1 amide bonds. The first kappa shape index (κ1) is 20.7. The van der Waals surface area contributed by atoms with E-state index in [-0.39, 0.29) is 5.91 Å². The van der Waals surface area contributed by atoms with Gasteiger partial charge in [0.1, 0.15) is 5.69 Å². The van der Waals surface area contributed by atoms with Gasteiger partial charge >= 0.3 is 0 Å². The Morgan fingerprint density at radius 1 is 1.00 bits per heavy atom. The van der Waals surface area contributed by atoms with Crippen molar-refractivity contribution in [2.45, 2.75) is 13.8 Å². The number of hydrogen-bond acceptors (Lipinski definition) is 6. The monoisotopic (exact) mass is 439 g/mol. The number of carbonyl (C=O) groups is 1. The van der Waals surface area contributed by atoms with E-state index in [4.69, 9.17) is 16.6 Å². The predicted octanol–water partition coefficient (Wildman–Crippen LogP) is 4.88. The van der Waals surface area contributed by atoms with E-state index in [2.05, 4.69) is 28.7 Å². The Morgan fingerprint density at radius 3 is 2.53 bits per heavy atom. The fraction of sp³-hybridized carbons (Fsp3) is 0.273. The molecule has 0 aliphatic carbocycles. The number of thiazole rings is 1. The maximum Gasteiger partial charge on any atom is 0.280 e. The van der Waals surface area contributed by atoms with Gasteiger partial charge in [0.25, 0.3) is 5.91 Å². The summed E-state index contributed by atoms with van der Waals surface area (Å²) in [6.45, 7) is 7.33. The molecule has 0 unspecified atom stereocenters. The standard InChI is InChI=1S/C22H22ClN5OS/c1-3-27(4-2)11-12-28(22-26-18-10-9-15(23)13-20(18)30-22)21(29)19-14-24-16-7-5-6-8-17(16)25-19/h5-10,13-14H,3-4,11-12H2,1-2H3. The summed E-state index contributed by atoms with van der Waals surface area (Å²) < 4.78 is 0.947. The molecule has 2 aromatic carbocycles. The molecule has 2 heterocycles. The van der Waals surface area contributed by atoms with Gasteiger partial charge in [-0.15, -0.1) is 0 Å². The Bertz CT molecular complexity index is 1190. The minimum Gasteiger partial charge on any atom is -0.302 e. The molecule has 0 saturated carbocycles. The highest BCUT2D eigenvalue weighted by molar-refractivity contribution is 7.22. The number of amides is 1. The van der Waals surface area contributed by atoms with Crippen LogP contribution >= 0.6 is 22.9 Å². The minimum absolute atomic E-state index is 0.203. The molecule has 2 aromatic heterocycles. The van der Waals surface area contributed by atoms with Gasteiger partial charge in [-0.3, -0.25) is 14.7 Å². The summed E-state index contributed by atoms with van der Waals surface area (Å²) in [6.07, 6.45) is 1.54. The van der Waals surface area contributed by atoms with Crippen molar-refractivity contribution in [3.8, 4) is 0 Å². The number of carbonyl (C=O) groups excluding carboxylic acids is 1. The number of anilines is 1. The molecule has 0 saturated heterocycles. The van der Waals surface area contributed by atoms with Crippen LogP contribution < -0.4 is 4.90 Å². The highest BCUT2D eigenvalue weighted by Crippen LogP contribution is 2.31. The van der Waals surface area contributed by atoms with Crippen molar-refractivity contribution in [3.05, 3.63) is 59.4 Å². The van der Waals surface area contributed by atoms with Crippen LogP contribution in [0.4, 0.5) is 5.13 Å². The van der Waals surface area contributed by atoms with Crippen LogP contribution in [0.3, 0.4) is 0 Å². The first-order chi connectivity index (χ1) is 14.6. The lowest BCUT2D eigenvalue weighted by Gasteiger charge is -2.24. The lowest BCUT2D eigenvalue weighted by atomic mass is 10.3. The summed E-state index contributed by atoms with van der Waals surface area (Å²) in [5.41, 5.74) is 2.59. The molecule has 0 atom stereocenters. The lowest BCUT2D eigenvalue weighted by Crippen LogP contribution is -2.39. The molecular weight excluding hydrogens is 418 g/mol. The van der Waals surface area contributed by atoms with Crippen LogP contribution in [0.1, 0.15) is 24.3 Å². The molecule has 0 bridgehead atoms. The Labute approximate surface area is 184 Å². The third-order valence-electron chi connectivity index (χ3n) is 5.02. The van der Waals surface area contributed by atoms with Crippen LogP contribution in [0.25, 0.3) is 21.3 Å². The van der Waals surface area contributed by atoms with Crippen molar-refractivity contribution < 1.29 is 4.79 Å². The highest BCUT2D eigenvalue weighted by Gasteiger charge is 2.23. The number of aromatic nitrogens is 3. The number of halogens is 1. The van der Waals surface area contributed by atoms with E-state index in [1.807, 2.05) is 42.5 Å². The molecule has 154 valence electrons. The largest absolute Gasteiger partial charge is 0.302 e. The van der Waals surface area contributed by atoms with E-state index in [0.717, 1.165) is 35.4 Å². The fourth-order valence-electron chi connectivity index (χ4n) is 3.27. The van der Waals surface area contributed by atoms with Gasteiger partial charge in [-0.1, -0.05) is 48.9 Å². The molecule has 8 heteroatoms. The van der Waals surface area contributed by atoms with Crippen LogP contribution in [0.2, 0.25) is 5.02 Å². The molecule has 0 aliphatic heterocycles. The summed E-state index contributed by atoms with van der Waals surface area (Å²) >= 11 is 7.59. The fourth-order valence-corrected chi connectivity index (χ4v) is 4.53. The molecular formula is C22H22ClN5OS. The number of nitrogens with zero attached hydrogens (tertiary/aromatic N) is 5. The summed E-state index contributed by atoms with van der Waals surface area (Å²) in [5, 5.41) is 1.29. The lowest BCUT2D eigenvalue weighted by molar-refractivity contribution is 0.0979. The second kappa shape index (κ2) is 9.04. The van der Waals surface area contributed by atoms with Crippen molar-refractivity contribution in [1.29, 1.82) is 0 Å². The topological polar surface area (TPSA) is 62.2 Å². The van der Waals surface area contributed by atoms with Gasteiger partial charge in [0.15, 0.2) is 5.13 Å². The third-order valence-corrected chi connectivity index (χ3v) is 6.29. The van der Waals surface area contributed by atoms with Crippen LogP contribution in [-0.2, 0) is 0 Å². The molecule has 0 spiro atoms. The Kier molecular flexibility index (Phi) is 6.22. The van der Waals surface area contributed by atoms with E-state index < -0.39 is 0 Å². The number of likely N-dealkylation sites (N-methyl/N-ethyl adjacent to an activating group) is 1. The molecule has 0 fully saturated rings. The summed E-state index contributed by atoms with van der Waals surface area (Å²) in [5.74, 6) is -0.203. The maximum atomic E-state index is 13.5.